The van der Waals surface area contributed by atoms with Crippen molar-refractivity contribution < 1.29 is 14.6 Å². The van der Waals surface area contributed by atoms with Gasteiger partial charge in [-0.25, -0.2) is 13.9 Å². The highest BCUT2D eigenvalue weighted by Gasteiger charge is 2.14. The average Bonchev–Trinajstić information content (AvgIpc) is 3.13. The molecule has 0 spiro atoms. The molecule has 3 heterocycles. The van der Waals surface area contributed by atoms with Crippen LogP contribution in [0.5, 0.6) is 5.75 Å². The zero-order valence-electron chi connectivity index (χ0n) is 15.6. The first kappa shape index (κ1) is 18.8. The summed E-state index contributed by atoms with van der Waals surface area (Å²) in [5.74, 6) is 0.104. The van der Waals surface area contributed by atoms with E-state index >= 15 is 0 Å². The van der Waals surface area contributed by atoms with Crippen molar-refractivity contribution in [3.63, 3.8) is 0 Å². The molecule has 0 bridgehead atoms. The van der Waals surface area contributed by atoms with E-state index in [1.807, 2.05) is 6.07 Å². The third kappa shape index (κ3) is 3.85. The molecular weight excluding hydrogens is 375 g/mol. The lowest BCUT2D eigenvalue weighted by Crippen LogP contribution is -2.10. The van der Waals surface area contributed by atoms with Gasteiger partial charge in [0, 0.05) is 12.2 Å². The molecule has 29 heavy (non-hydrogen) atoms. The third-order valence-electron chi connectivity index (χ3n) is 4.56. The molecule has 0 saturated heterocycles. The van der Waals surface area contributed by atoms with Crippen molar-refractivity contribution in [3.05, 3.63) is 65.7 Å². The van der Waals surface area contributed by atoms with Gasteiger partial charge in [0.1, 0.15) is 28.8 Å². The number of imidazole rings is 1. The minimum atomic E-state index is -0.423. The summed E-state index contributed by atoms with van der Waals surface area (Å²) in [6, 6.07) is 8.83. The Balaban J connectivity index is 1.67. The number of aliphatic hydroxyl groups is 1. The van der Waals surface area contributed by atoms with Gasteiger partial charge < -0.3 is 15.5 Å². The number of anilines is 1. The lowest BCUT2D eigenvalue weighted by molar-refractivity contribution is 0.299. The van der Waals surface area contributed by atoms with Crippen molar-refractivity contribution in [2.75, 3.05) is 11.9 Å². The first-order valence-electron chi connectivity index (χ1n) is 9.07. The molecule has 1 atom stereocenters. The Morgan fingerprint density at radius 1 is 1.17 bits per heavy atom. The standard InChI is InChI=1S/C20H19FN6O2/c1-12(15-9-14(21)2-3-18(15)29)24-19-4-5-20-22-11-17(27(20)26-19)16-8-13(6-7-28)10-23-25-16/h2-5,8-12,28-29H,6-7H2,1H3,(H,24,26)/t12-/m1/s1. The number of aromatic nitrogens is 5. The third-order valence-corrected chi connectivity index (χ3v) is 4.56. The van der Waals surface area contributed by atoms with E-state index in [2.05, 4.69) is 25.6 Å². The number of rotatable bonds is 6. The van der Waals surface area contributed by atoms with Crippen LogP contribution in [-0.4, -0.2) is 41.6 Å². The van der Waals surface area contributed by atoms with Gasteiger partial charge >= 0.3 is 0 Å². The van der Waals surface area contributed by atoms with Crippen LogP contribution in [0.15, 0.2) is 48.8 Å². The number of hydrogen-bond acceptors (Lipinski definition) is 7. The molecule has 3 N–H and O–H groups in total. The topological polar surface area (TPSA) is 108 Å². The maximum absolute atomic E-state index is 13.5. The number of hydrogen-bond donors (Lipinski definition) is 3. The molecule has 0 amide bonds. The smallest absolute Gasteiger partial charge is 0.154 e. The number of aromatic hydroxyl groups is 1. The van der Waals surface area contributed by atoms with Gasteiger partial charge in [-0.3, -0.25) is 0 Å². The molecule has 0 saturated carbocycles. The first-order valence-corrected chi connectivity index (χ1v) is 9.07. The number of nitrogens with zero attached hydrogens (tertiary/aromatic N) is 5. The first-order chi connectivity index (χ1) is 14.0. The Hall–Kier alpha value is -3.59. The lowest BCUT2D eigenvalue weighted by atomic mass is 10.1. The number of aliphatic hydroxyl groups excluding tert-OH is 1. The van der Waals surface area contributed by atoms with Gasteiger partial charge in [0.15, 0.2) is 5.65 Å². The number of phenolic OH excluding ortho intramolecular Hbond substituents is 1. The van der Waals surface area contributed by atoms with E-state index < -0.39 is 5.82 Å². The summed E-state index contributed by atoms with van der Waals surface area (Å²) in [6.45, 7) is 1.83. The van der Waals surface area contributed by atoms with E-state index in [9.17, 15) is 9.50 Å². The molecule has 148 valence electrons. The second kappa shape index (κ2) is 7.80. The molecule has 0 radical (unpaired) electrons. The fraction of sp³-hybridized carbons (Fsp3) is 0.200. The fourth-order valence-electron chi connectivity index (χ4n) is 3.09. The molecule has 0 aliphatic heterocycles. The van der Waals surface area contributed by atoms with Gasteiger partial charge in [0.05, 0.1) is 18.4 Å². The maximum Gasteiger partial charge on any atom is 0.154 e. The fourth-order valence-corrected chi connectivity index (χ4v) is 3.09. The van der Waals surface area contributed by atoms with Crippen LogP contribution in [0.3, 0.4) is 0 Å². The Kier molecular flexibility index (Phi) is 5.05. The molecule has 4 rings (SSSR count). The van der Waals surface area contributed by atoms with Crippen molar-refractivity contribution >= 4 is 11.5 Å². The average molecular weight is 394 g/mol. The van der Waals surface area contributed by atoms with Gasteiger partial charge in [-0.05, 0) is 55.3 Å². The highest BCUT2D eigenvalue weighted by molar-refractivity contribution is 5.60. The van der Waals surface area contributed by atoms with Crippen molar-refractivity contribution in [2.45, 2.75) is 19.4 Å². The van der Waals surface area contributed by atoms with Gasteiger partial charge in [0.25, 0.3) is 0 Å². The summed E-state index contributed by atoms with van der Waals surface area (Å²) in [5, 5.41) is 35.0. The minimum Gasteiger partial charge on any atom is -0.508 e. The Morgan fingerprint density at radius 3 is 2.86 bits per heavy atom. The lowest BCUT2D eigenvalue weighted by Gasteiger charge is -2.16. The number of phenols is 1. The molecule has 4 aromatic rings. The second-order valence-corrected chi connectivity index (χ2v) is 6.62. The second-order valence-electron chi connectivity index (χ2n) is 6.62. The number of fused-ring (bicyclic) bond motifs is 1. The predicted octanol–water partition coefficient (Wildman–Crippen LogP) is 2.74. The van der Waals surface area contributed by atoms with Crippen LogP contribution in [0.25, 0.3) is 17.0 Å². The van der Waals surface area contributed by atoms with E-state index in [1.54, 1.807) is 36.0 Å². The Labute approximate surface area is 165 Å². The van der Waals surface area contributed by atoms with Gasteiger partial charge in [-0.2, -0.15) is 5.10 Å². The molecule has 0 unspecified atom stereocenters. The summed E-state index contributed by atoms with van der Waals surface area (Å²) in [5.41, 5.74) is 3.15. The van der Waals surface area contributed by atoms with E-state index in [4.69, 9.17) is 5.11 Å². The number of nitrogens with one attached hydrogen (secondary N) is 1. The van der Waals surface area contributed by atoms with Crippen molar-refractivity contribution in [3.8, 4) is 17.1 Å². The molecule has 0 aliphatic carbocycles. The van der Waals surface area contributed by atoms with Gasteiger partial charge in [0.2, 0.25) is 0 Å². The molecule has 0 fully saturated rings. The Bertz CT molecular complexity index is 1160. The number of halogens is 1. The number of benzene rings is 1. The van der Waals surface area contributed by atoms with Crippen molar-refractivity contribution in [2.24, 2.45) is 0 Å². The van der Waals surface area contributed by atoms with Crippen LogP contribution < -0.4 is 5.32 Å². The van der Waals surface area contributed by atoms with Crippen molar-refractivity contribution in [1.29, 1.82) is 0 Å². The van der Waals surface area contributed by atoms with Crippen LogP contribution >= 0.6 is 0 Å². The highest BCUT2D eigenvalue weighted by Crippen LogP contribution is 2.27. The molecule has 9 heteroatoms. The summed E-state index contributed by atoms with van der Waals surface area (Å²) < 4.78 is 15.2. The largest absolute Gasteiger partial charge is 0.508 e. The summed E-state index contributed by atoms with van der Waals surface area (Å²) >= 11 is 0. The van der Waals surface area contributed by atoms with E-state index in [-0.39, 0.29) is 18.4 Å². The zero-order valence-corrected chi connectivity index (χ0v) is 15.6. The minimum absolute atomic E-state index is 0.00627. The van der Waals surface area contributed by atoms with Crippen LogP contribution in [0.2, 0.25) is 0 Å². The maximum atomic E-state index is 13.5. The normalized spacial score (nSPS) is 12.2. The molecule has 3 aromatic heterocycles. The summed E-state index contributed by atoms with van der Waals surface area (Å²) in [4.78, 5) is 4.34. The quantitative estimate of drug-likeness (QED) is 0.461. The molecule has 0 aliphatic rings. The molecule has 1 aromatic carbocycles. The summed E-state index contributed by atoms with van der Waals surface area (Å²) in [6.07, 6.45) is 3.74. The van der Waals surface area contributed by atoms with E-state index in [1.165, 1.54) is 18.2 Å². The van der Waals surface area contributed by atoms with E-state index in [0.29, 0.717) is 34.8 Å². The van der Waals surface area contributed by atoms with Crippen LogP contribution in [0, 0.1) is 5.82 Å². The Morgan fingerprint density at radius 2 is 2.03 bits per heavy atom. The van der Waals surface area contributed by atoms with Crippen LogP contribution in [0.1, 0.15) is 24.1 Å². The van der Waals surface area contributed by atoms with Crippen LogP contribution in [0.4, 0.5) is 10.2 Å². The molecular formula is C20H19FN6O2. The monoisotopic (exact) mass is 394 g/mol. The van der Waals surface area contributed by atoms with Gasteiger partial charge in [-0.15, -0.1) is 10.2 Å². The SMILES string of the molecule is C[C@@H](Nc1ccc2ncc(-c3cc(CCO)cnn3)n2n1)c1cc(F)ccc1O. The highest BCUT2D eigenvalue weighted by atomic mass is 19.1. The summed E-state index contributed by atoms with van der Waals surface area (Å²) in [7, 11) is 0. The predicted molar refractivity (Wildman–Crippen MR) is 105 cm³/mol. The zero-order chi connectivity index (χ0) is 20.4. The molecule has 8 nitrogen and oxygen atoms in total. The van der Waals surface area contributed by atoms with Crippen molar-refractivity contribution in [1.82, 2.24) is 24.8 Å². The van der Waals surface area contributed by atoms with E-state index in [0.717, 1.165) is 5.56 Å². The van der Waals surface area contributed by atoms with Gasteiger partial charge in [-0.1, -0.05) is 0 Å². The van der Waals surface area contributed by atoms with Crippen LogP contribution in [-0.2, 0) is 6.42 Å².